The smallest absolute Gasteiger partial charge is 0.123 e. The highest BCUT2D eigenvalue weighted by Crippen LogP contribution is 2.25. The fourth-order valence-electron chi connectivity index (χ4n) is 2.73. The maximum Gasteiger partial charge on any atom is 0.123 e. The SMILES string of the molecule is N#Cc1ccc(F)cc1COCC1(N)CCCCCC1. The number of nitrogens with zero attached hydrogens (tertiary/aromatic N) is 1. The van der Waals surface area contributed by atoms with E-state index in [-0.39, 0.29) is 18.0 Å². The lowest BCUT2D eigenvalue weighted by Gasteiger charge is -2.27. The van der Waals surface area contributed by atoms with E-state index in [4.69, 9.17) is 15.7 Å². The number of ether oxygens (including phenoxy) is 1. The van der Waals surface area contributed by atoms with Crippen molar-refractivity contribution in [1.29, 1.82) is 5.26 Å². The summed E-state index contributed by atoms with van der Waals surface area (Å²) in [7, 11) is 0. The molecule has 0 atom stereocenters. The van der Waals surface area contributed by atoms with E-state index in [1.807, 2.05) is 0 Å². The third-order valence-corrected chi connectivity index (χ3v) is 3.93. The maximum atomic E-state index is 13.2. The van der Waals surface area contributed by atoms with Crippen LogP contribution in [0.4, 0.5) is 4.39 Å². The Hall–Kier alpha value is -1.44. The van der Waals surface area contributed by atoms with Crippen molar-refractivity contribution in [3.05, 3.63) is 35.1 Å². The van der Waals surface area contributed by atoms with E-state index in [2.05, 4.69) is 6.07 Å². The maximum absolute atomic E-state index is 13.2. The summed E-state index contributed by atoms with van der Waals surface area (Å²) in [6, 6.07) is 6.18. The molecule has 1 saturated carbocycles. The molecule has 1 aromatic carbocycles. The Labute approximate surface area is 119 Å². The summed E-state index contributed by atoms with van der Waals surface area (Å²) in [5.41, 5.74) is 7.14. The van der Waals surface area contributed by atoms with Gasteiger partial charge in [0.15, 0.2) is 0 Å². The van der Waals surface area contributed by atoms with Crippen molar-refractivity contribution in [3.8, 4) is 6.07 Å². The summed E-state index contributed by atoms with van der Waals surface area (Å²) in [6.07, 6.45) is 6.71. The van der Waals surface area contributed by atoms with Crippen LogP contribution in [0.5, 0.6) is 0 Å². The molecule has 0 saturated heterocycles. The van der Waals surface area contributed by atoms with Gasteiger partial charge in [-0.3, -0.25) is 0 Å². The predicted octanol–water partition coefficient (Wildman–Crippen LogP) is 3.27. The van der Waals surface area contributed by atoms with Crippen molar-refractivity contribution >= 4 is 0 Å². The molecule has 1 aliphatic rings. The van der Waals surface area contributed by atoms with Crippen LogP contribution in [0.25, 0.3) is 0 Å². The van der Waals surface area contributed by atoms with E-state index in [1.165, 1.54) is 31.0 Å². The number of hydrogen-bond acceptors (Lipinski definition) is 3. The standard InChI is InChI=1S/C16H21FN2O/c17-15-6-5-13(10-18)14(9-15)11-20-12-16(19)7-3-1-2-4-8-16/h5-6,9H,1-4,7-8,11-12,19H2. The molecule has 2 N–H and O–H groups in total. The molecule has 1 aliphatic carbocycles. The second kappa shape index (κ2) is 6.83. The largest absolute Gasteiger partial charge is 0.375 e. The van der Waals surface area contributed by atoms with Gasteiger partial charge in [-0.25, -0.2) is 4.39 Å². The van der Waals surface area contributed by atoms with Crippen LogP contribution in [0, 0.1) is 17.1 Å². The minimum absolute atomic E-state index is 0.236. The molecule has 1 aromatic rings. The van der Waals surface area contributed by atoms with Gasteiger partial charge >= 0.3 is 0 Å². The first-order valence-corrected chi connectivity index (χ1v) is 7.18. The summed E-state index contributed by atoms with van der Waals surface area (Å²) in [4.78, 5) is 0. The van der Waals surface area contributed by atoms with E-state index in [0.717, 1.165) is 25.7 Å². The summed E-state index contributed by atoms with van der Waals surface area (Å²) in [5.74, 6) is -0.348. The number of halogens is 1. The zero-order valence-corrected chi connectivity index (χ0v) is 11.7. The quantitative estimate of drug-likeness (QED) is 0.859. The zero-order chi connectivity index (χ0) is 14.4. The molecule has 0 spiro atoms. The lowest BCUT2D eigenvalue weighted by molar-refractivity contribution is 0.0665. The molecule has 0 amide bonds. The Morgan fingerprint density at radius 1 is 1.25 bits per heavy atom. The monoisotopic (exact) mass is 276 g/mol. The third kappa shape index (κ3) is 4.03. The van der Waals surface area contributed by atoms with Crippen LogP contribution >= 0.6 is 0 Å². The second-order valence-electron chi connectivity index (χ2n) is 5.68. The molecular weight excluding hydrogens is 255 g/mol. The van der Waals surface area contributed by atoms with Crippen LogP contribution in [-0.2, 0) is 11.3 Å². The number of nitriles is 1. The summed E-state index contributed by atoms with van der Waals surface area (Å²) < 4.78 is 18.9. The van der Waals surface area contributed by atoms with Crippen LogP contribution < -0.4 is 5.73 Å². The normalized spacial score (nSPS) is 18.2. The van der Waals surface area contributed by atoms with Crippen molar-refractivity contribution in [3.63, 3.8) is 0 Å². The van der Waals surface area contributed by atoms with Crippen LogP contribution in [0.3, 0.4) is 0 Å². The fraction of sp³-hybridized carbons (Fsp3) is 0.562. The van der Waals surface area contributed by atoms with Gasteiger partial charge in [0.25, 0.3) is 0 Å². The van der Waals surface area contributed by atoms with Gasteiger partial charge in [-0.2, -0.15) is 5.26 Å². The average molecular weight is 276 g/mol. The average Bonchev–Trinajstić information content (AvgIpc) is 2.64. The summed E-state index contributed by atoms with van der Waals surface area (Å²) >= 11 is 0. The highest BCUT2D eigenvalue weighted by Gasteiger charge is 2.26. The van der Waals surface area contributed by atoms with Crippen LogP contribution in [0.1, 0.15) is 49.7 Å². The minimum atomic E-state index is -0.348. The van der Waals surface area contributed by atoms with E-state index in [1.54, 1.807) is 0 Å². The molecule has 2 rings (SSSR count). The second-order valence-corrected chi connectivity index (χ2v) is 5.68. The summed E-state index contributed by atoms with van der Waals surface area (Å²) in [6.45, 7) is 0.702. The van der Waals surface area contributed by atoms with Crippen molar-refractivity contribution < 1.29 is 9.13 Å². The molecule has 0 unspecified atom stereocenters. The Morgan fingerprint density at radius 3 is 2.60 bits per heavy atom. The molecule has 0 bridgehead atoms. The molecule has 20 heavy (non-hydrogen) atoms. The molecule has 4 heteroatoms. The molecule has 108 valence electrons. The predicted molar refractivity (Wildman–Crippen MR) is 75.4 cm³/mol. The van der Waals surface area contributed by atoms with Gasteiger partial charge in [-0.1, -0.05) is 25.7 Å². The topological polar surface area (TPSA) is 59.0 Å². The molecule has 1 fully saturated rings. The first-order chi connectivity index (χ1) is 9.63. The highest BCUT2D eigenvalue weighted by molar-refractivity contribution is 5.37. The van der Waals surface area contributed by atoms with Gasteiger partial charge in [0.1, 0.15) is 5.82 Å². The van der Waals surface area contributed by atoms with Gasteiger partial charge in [-0.05, 0) is 36.6 Å². The number of nitrogens with two attached hydrogens (primary N) is 1. The van der Waals surface area contributed by atoms with Gasteiger partial charge in [0.05, 0.1) is 24.8 Å². The van der Waals surface area contributed by atoms with Gasteiger partial charge < -0.3 is 10.5 Å². The third-order valence-electron chi connectivity index (χ3n) is 3.93. The first-order valence-electron chi connectivity index (χ1n) is 7.18. The lowest BCUT2D eigenvalue weighted by Crippen LogP contribution is -2.43. The van der Waals surface area contributed by atoms with E-state index in [0.29, 0.717) is 17.7 Å². The number of benzene rings is 1. The Morgan fingerprint density at radius 2 is 1.95 bits per heavy atom. The van der Waals surface area contributed by atoms with Gasteiger partial charge in [-0.15, -0.1) is 0 Å². The van der Waals surface area contributed by atoms with Crippen LogP contribution in [0.15, 0.2) is 18.2 Å². The zero-order valence-electron chi connectivity index (χ0n) is 11.7. The molecule has 3 nitrogen and oxygen atoms in total. The Kier molecular flexibility index (Phi) is 5.11. The highest BCUT2D eigenvalue weighted by atomic mass is 19.1. The first kappa shape index (κ1) is 15.0. The fourth-order valence-corrected chi connectivity index (χ4v) is 2.73. The van der Waals surface area contributed by atoms with Gasteiger partial charge in [0.2, 0.25) is 0 Å². The van der Waals surface area contributed by atoms with Crippen LogP contribution in [-0.4, -0.2) is 12.1 Å². The van der Waals surface area contributed by atoms with E-state index in [9.17, 15) is 4.39 Å². The Balaban J connectivity index is 1.92. The van der Waals surface area contributed by atoms with Crippen molar-refractivity contribution in [2.24, 2.45) is 5.73 Å². The number of rotatable bonds is 4. The Bertz CT molecular complexity index is 488. The van der Waals surface area contributed by atoms with Crippen molar-refractivity contribution in [2.45, 2.75) is 50.7 Å². The number of hydrogen-bond donors (Lipinski definition) is 1. The molecule has 0 heterocycles. The van der Waals surface area contributed by atoms with Crippen LogP contribution in [0.2, 0.25) is 0 Å². The minimum Gasteiger partial charge on any atom is -0.375 e. The summed E-state index contributed by atoms with van der Waals surface area (Å²) in [5, 5.41) is 8.99. The van der Waals surface area contributed by atoms with Crippen molar-refractivity contribution in [1.82, 2.24) is 0 Å². The van der Waals surface area contributed by atoms with Gasteiger partial charge in [0, 0.05) is 5.54 Å². The van der Waals surface area contributed by atoms with Crippen molar-refractivity contribution in [2.75, 3.05) is 6.61 Å². The molecular formula is C16H21FN2O. The lowest BCUT2D eigenvalue weighted by atomic mass is 9.92. The van der Waals surface area contributed by atoms with E-state index >= 15 is 0 Å². The molecule has 0 aliphatic heterocycles. The van der Waals surface area contributed by atoms with E-state index < -0.39 is 0 Å². The molecule has 0 radical (unpaired) electrons. The molecule has 0 aromatic heterocycles.